The number of benzene rings is 3. The zero-order valence-corrected chi connectivity index (χ0v) is 30.0. The molecular formula is C40H44INO4. The summed E-state index contributed by atoms with van der Waals surface area (Å²) in [5.41, 5.74) is 7.82. The van der Waals surface area contributed by atoms with Gasteiger partial charge in [-0.3, -0.25) is 9.59 Å². The number of aryl methyl sites for hydroxylation is 1. The number of allylic oxidation sites excluding steroid dienone is 4. The highest BCUT2D eigenvalue weighted by Crippen LogP contribution is 2.55. The largest absolute Gasteiger partial charge is 0.493 e. The molecule has 0 unspecified atom stereocenters. The van der Waals surface area contributed by atoms with Crippen LogP contribution in [-0.4, -0.2) is 30.1 Å². The van der Waals surface area contributed by atoms with E-state index in [4.69, 9.17) is 9.47 Å². The van der Waals surface area contributed by atoms with Crippen molar-refractivity contribution in [3.05, 3.63) is 115 Å². The summed E-state index contributed by atoms with van der Waals surface area (Å²) in [4.78, 5) is 30.9. The first kappa shape index (κ1) is 32.5. The zero-order chi connectivity index (χ0) is 32.8. The van der Waals surface area contributed by atoms with Gasteiger partial charge in [-0.05, 0) is 88.4 Å². The van der Waals surface area contributed by atoms with E-state index < -0.39 is 5.92 Å². The quantitative estimate of drug-likeness (QED) is 0.217. The van der Waals surface area contributed by atoms with Gasteiger partial charge in [0.05, 0.1) is 10.7 Å². The van der Waals surface area contributed by atoms with E-state index in [1.54, 1.807) is 7.11 Å². The molecule has 0 radical (unpaired) electrons. The number of Topliss-reactive ketones (excluding diaryl/α,β-unsaturated/α-hetero) is 2. The standard InChI is InChI=1S/C40H44INO4/c1-25-11-10-14-27(17-25)24-46-38-29(41)18-28(19-34(38)45-6)35-36-30(20-39(2,3)22-32(36)43)42(16-15-26-12-8-7-9-13-26)31-21-40(4,5)23-33(44)37(31)35/h7-14,17-19,35H,15-16,20-24H2,1-6H3. The molecule has 1 heterocycles. The number of halogens is 1. The van der Waals surface area contributed by atoms with E-state index >= 15 is 0 Å². The number of methoxy groups -OCH3 is 1. The Morgan fingerprint density at radius 2 is 1.41 bits per heavy atom. The van der Waals surface area contributed by atoms with E-state index in [9.17, 15) is 9.59 Å². The molecule has 0 amide bonds. The SMILES string of the molecule is COc1cc(C2C3=C(CC(C)(C)CC3=O)N(CCc3ccccc3)C3=C2C(=O)CC(C)(C)C3)cc(I)c1OCc1cccc(C)c1. The fraction of sp³-hybridized carbons (Fsp3) is 0.400. The van der Waals surface area contributed by atoms with Crippen molar-refractivity contribution < 1.29 is 19.1 Å². The molecule has 2 aliphatic carbocycles. The Morgan fingerprint density at radius 1 is 0.804 bits per heavy atom. The third kappa shape index (κ3) is 6.55. The molecule has 5 nitrogen and oxygen atoms in total. The fourth-order valence-electron chi connectivity index (χ4n) is 7.54. The van der Waals surface area contributed by atoms with Crippen molar-refractivity contribution in [1.29, 1.82) is 0 Å². The molecule has 0 fully saturated rings. The van der Waals surface area contributed by atoms with Crippen LogP contribution in [0.15, 0.2) is 89.3 Å². The second-order valence-corrected chi connectivity index (χ2v) is 15.9. The molecule has 0 saturated carbocycles. The summed E-state index contributed by atoms with van der Waals surface area (Å²) in [5, 5.41) is 0. The van der Waals surface area contributed by atoms with Crippen LogP contribution < -0.4 is 9.47 Å². The van der Waals surface area contributed by atoms with Crippen molar-refractivity contribution >= 4 is 34.2 Å². The van der Waals surface area contributed by atoms with Crippen LogP contribution in [0, 0.1) is 21.3 Å². The molecule has 3 aromatic carbocycles. The molecule has 0 saturated heterocycles. The summed E-state index contributed by atoms with van der Waals surface area (Å²) in [6.07, 6.45) is 3.33. The van der Waals surface area contributed by atoms with Crippen molar-refractivity contribution in [3.63, 3.8) is 0 Å². The summed E-state index contributed by atoms with van der Waals surface area (Å²) >= 11 is 2.30. The Labute approximate surface area is 287 Å². The second-order valence-electron chi connectivity index (χ2n) is 14.7. The van der Waals surface area contributed by atoms with Crippen LogP contribution in [0.1, 0.15) is 81.5 Å². The molecule has 46 heavy (non-hydrogen) atoms. The Hall–Kier alpha value is -3.39. The van der Waals surface area contributed by atoms with Gasteiger partial charge in [0.15, 0.2) is 23.1 Å². The third-order valence-electron chi connectivity index (χ3n) is 9.54. The zero-order valence-electron chi connectivity index (χ0n) is 27.8. The first-order valence-electron chi connectivity index (χ1n) is 16.3. The van der Waals surface area contributed by atoms with Gasteiger partial charge in [0, 0.05) is 47.8 Å². The van der Waals surface area contributed by atoms with Gasteiger partial charge in [-0.2, -0.15) is 0 Å². The minimum Gasteiger partial charge on any atom is -0.493 e. The summed E-state index contributed by atoms with van der Waals surface area (Å²) in [7, 11) is 1.65. The minimum atomic E-state index is -0.432. The lowest BCUT2D eigenvalue weighted by atomic mass is 9.63. The lowest BCUT2D eigenvalue weighted by molar-refractivity contribution is -0.119. The third-order valence-corrected chi connectivity index (χ3v) is 10.3. The highest BCUT2D eigenvalue weighted by molar-refractivity contribution is 14.1. The van der Waals surface area contributed by atoms with Crippen molar-refractivity contribution in [2.75, 3.05) is 13.7 Å². The van der Waals surface area contributed by atoms with Crippen LogP contribution in [0.3, 0.4) is 0 Å². The molecular weight excluding hydrogens is 685 g/mol. The van der Waals surface area contributed by atoms with E-state index in [0.717, 1.165) is 63.0 Å². The average Bonchev–Trinajstić information content (AvgIpc) is 2.98. The van der Waals surface area contributed by atoms with E-state index in [1.807, 2.05) is 18.2 Å². The van der Waals surface area contributed by atoms with E-state index in [2.05, 4.69) is 111 Å². The fourth-order valence-corrected chi connectivity index (χ4v) is 8.32. The Kier molecular flexibility index (Phi) is 8.96. The van der Waals surface area contributed by atoms with Crippen molar-refractivity contribution in [3.8, 4) is 11.5 Å². The van der Waals surface area contributed by atoms with Gasteiger partial charge < -0.3 is 14.4 Å². The van der Waals surface area contributed by atoms with Crippen molar-refractivity contribution in [2.45, 2.75) is 79.2 Å². The van der Waals surface area contributed by atoms with Gasteiger partial charge in [-0.1, -0.05) is 87.9 Å². The van der Waals surface area contributed by atoms with Gasteiger partial charge in [0.2, 0.25) is 0 Å². The molecule has 3 aliphatic rings. The maximum Gasteiger partial charge on any atom is 0.174 e. The molecule has 6 rings (SSSR count). The first-order valence-corrected chi connectivity index (χ1v) is 17.3. The van der Waals surface area contributed by atoms with Gasteiger partial charge in [0.25, 0.3) is 0 Å². The summed E-state index contributed by atoms with van der Waals surface area (Å²) < 4.78 is 13.2. The molecule has 0 atom stereocenters. The molecule has 0 bridgehead atoms. The molecule has 3 aromatic rings. The molecule has 240 valence electrons. The molecule has 0 N–H and O–H groups in total. The number of rotatable bonds is 8. The lowest BCUT2D eigenvalue weighted by Crippen LogP contribution is -2.45. The summed E-state index contributed by atoms with van der Waals surface area (Å²) in [6, 6.07) is 22.9. The highest BCUT2D eigenvalue weighted by Gasteiger charge is 2.49. The van der Waals surface area contributed by atoms with E-state index in [-0.39, 0.29) is 22.4 Å². The molecule has 6 heteroatoms. The Balaban J connectivity index is 1.47. The van der Waals surface area contributed by atoms with Gasteiger partial charge >= 0.3 is 0 Å². The van der Waals surface area contributed by atoms with Crippen LogP contribution in [0.4, 0.5) is 0 Å². The Bertz CT molecular complexity index is 1700. The van der Waals surface area contributed by atoms with Crippen LogP contribution in [0.5, 0.6) is 11.5 Å². The first-order chi connectivity index (χ1) is 21.9. The highest BCUT2D eigenvalue weighted by atomic mass is 127. The van der Waals surface area contributed by atoms with E-state index in [0.29, 0.717) is 30.9 Å². The number of nitrogens with zero attached hydrogens (tertiary/aromatic N) is 1. The number of carbonyl (C=O) groups excluding carboxylic acids is 2. The topological polar surface area (TPSA) is 55.8 Å². The lowest BCUT2D eigenvalue weighted by Gasteiger charge is -2.49. The number of carbonyl (C=O) groups is 2. The van der Waals surface area contributed by atoms with Crippen molar-refractivity contribution in [1.82, 2.24) is 4.90 Å². The maximum absolute atomic E-state index is 14.3. The predicted molar refractivity (Wildman–Crippen MR) is 191 cm³/mol. The normalized spacial score (nSPS) is 19.2. The maximum atomic E-state index is 14.3. The number of ketones is 2. The van der Waals surface area contributed by atoms with Gasteiger partial charge in [0.1, 0.15) is 6.61 Å². The van der Waals surface area contributed by atoms with Crippen LogP contribution in [0.2, 0.25) is 0 Å². The Morgan fingerprint density at radius 3 is 2.00 bits per heavy atom. The van der Waals surface area contributed by atoms with Crippen LogP contribution >= 0.6 is 22.6 Å². The smallest absolute Gasteiger partial charge is 0.174 e. The van der Waals surface area contributed by atoms with Crippen LogP contribution in [0.25, 0.3) is 0 Å². The molecule has 0 aromatic heterocycles. The van der Waals surface area contributed by atoms with Crippen LogP contribution in [-0.2, 0) is 22.6 Å². The number of ether oxygens (including phenoxy) is 2. The summed E-state index contributed by atoms with van der Waals surface area (Å²) in [6.45, 7) is 12.0. The molecule has 1 aliphatic heterocycles. The number of hydrogen-bond donors (Lipinski definition) is 0. The summed E-state index contributed by atoms with van der Waals surface area (Å²) in [5.74, 6) is 1.12. The monoisotopic (exact) mass is 729 g/mol. The molecule has 0 spiro atoms. The van der Waals surface area contributed by atoms with Crippen molar-refractivity contribution in [2.24, 2.45) is 10.8 Å². The van der Waals surface area contributed by atoms with Gasteiger partial charge in [-0.25, -0.2) is 0 Å². The second kappa shape index (κ2) is 12.7. The number of hydrogen-bond acceptors (Lipinski definition) is 5. The van der Waals surface area contributed by atoms with Gasteiger partial charge in [-0.15, -0.1) is 0 Å². The average molecular weight is 730 g/mol. The predicted octanol–water partition coefficient (Wildman–Crippen LogP) is 9.12. The minimum absolute atomic E-state index is 0.138. The van der Waals surface area contributed by atoms with E-state index in [1.165, 1.54) is 11.1 Å².